The van der Waals surface area contributed by atoms with E-state index in [1.807, 2.05) is 31.2 Å². The Morgan fingerprint density at radius 2 is 1.89 bits per heavy atom. The molecule has 2 rings (SSSR count). The van der Waals surface area contributed by atoms with Crippen molar-refractivity contribution in [2.45, 2.75) is 6.92 Å². The van der Waals surface area contributed by atoms with Gasteiger partial charge < -0.3 is 10.1 Å². The summed E-state index contributed by atoms with van der Waals surface area (Å²) in [5.41, 5.74) is 2.27. The lowest BCUT2D eigenvalue weighted by Crippen LogP contribution is -2.11. The molecule has 0 fully saturated rings. The fraction of sp³-hybridized carbons (Fsp3) is 0.200. The summed E-state index contributed by atoms with van der Waals surface area (Å²) in [5, 5.41) is 3.31. The second-order valence-corrected chi connectivity index (χ2v) is 4.62. The van der Waals surface area contributed by atoms with Crippen molar-refractivity contribution in [3.63, 3.8) is 0 Å². The van der Waals surface area contributed by atoms with E-state index in [1.165, 1.54) is 17.7 Å². The predicted octanol–water partition coefficient (Wildman–Crippen LogP) is 4.28. The molecule has 0 aliphatic heterocycles. The zero-order valence-corrected chi connectivity index (χ0v) is 11.4. The van der Waals surface area contributed by atoms with E-state index in [4.69, 9.17) is 16.3 Å². The van der Waals surface area contributed by atoms with Gasteiger partial charge in [-0.15, -0.1) is 0 Å². The molecule has 0 heterocycles. The zero-order valence-electron chi connectivity index (χ0n) is 10.6. The number of benzene rings is 2. The van der Waals surface area contributed by atoms with Gasteiger partial charge >= 0.3 is 0 Å². The largest absolute Gasteiger partial charge is 0.492 e. The fourth-order valence-corrected chi connectivity index (χ4v) is 1.77. The van der Waals surface area contributed by atoms with E-state index in [9.17, 15) is 4.39 Å². The molecule has 2 nitrogen and oxygen atoms in total. The second-order valence-electron chi connectivity index (χ2n) is 4.22. The summed E-state index contributed by atoms with van der Waals surface area (Å²) in [4.78, 5) is 0. The summed E-state index contributed by atoms with van der Waals surface area (Å²) in [5.74, 6) is 0.129. The molecule has 0 radical (unpaired) electrons. The van der Waals surface area contributed by atoms with Crippen molar-refractivity contribution in [3.8, 4) is 5.75 Å². The second kappa shape index (κ2) is 6.43. The highest BCUT2D eigenvalue weighted by atomic mass is 35.5. The van der Waals surface area contributed by atoms with Gasteiger partial charge in [-0.3, -0.25) is 0 Å². The number of aryl methyl sites for hydroxylation is 1. The Balaban J connectivity index is 1.77. The molecule has 1 N–H and O–H groups in total. The topological polar surface area (TPSA) is 21.3 Å². The van der Waals surface area contributed by atoms with Gasteiger partial charge in [-0.25, -0.2) is 4.39 Å². The van der Waals surface area contributed by atoms with Crippen LogP contribution in [0, 0.1) is 12.7 Å². The van der Waals surface area contributed by atoms with Crippen LogP contribution in [-0.2, 0) is 0 Å². The third-order valence-electron chi connectivity index (χ3n) is 2.64. The smallest absolute Gasteiger partial charge is 0.142 e. The van der Waals surface area contributed by atoms with Crippen LogP contribution in [-0.4, -0.2) is 13.2 Å². The molecule has 0 saturated carbocycles. The summed E-state index contributed by atoms with van der Waals surface area (Å²) in [7, 11) is 0. The lowest BCUT2D eigenvalue weighted by atomic mass is 10.2. The maximum Gasteiger partial charge on any atom is 0.142 e. The van der Waals surface area contributed by atoms with Gasteiger partial charge in [-0.1, -0.05) is 29.3 Å². The van der Waals surface area contributed by atoms with Crippen molar-refractivity contribution in [1.29, 1.82) is 0 Å². The number of ether oxygens (including phenoxy) is 1. The van der Waals surface area contributed by atoms with Crippen molar-refractivity contribution in [2.24, 2.45) is 0 Å². The van der Waals surface area contributed by atoms with Gasteiger partial charge in [0, 0.05) is 18.3 Å². The Morgan fingerprint density at radius 1 is 1.16 bits per heavy atom. The molecule has 0 saturated heterocycles. The average molecular weight is 280 g/mol. The Labute approximate surface area is 117 Å². The van der Waals surface area contributed by atoms with Crippen LogP contribution in [0.3, 0.4) is 0 Å². The maximum atomic E-state index is 12.9. The van der Waals surface area contributed by atoms with E-state index in [2.05, 4.69) is 5.32 Å². The highest BCUT2D eigenvalue weighted by Gasteiger charge is 2.01. The minimum atomic E-state index is -0.438. The highest BCUT2D eigenvalue weighted by molar-refractivity contribution is 6.30. The third-order valence-corrected chi connectivity index (χ3v) is 2.93. The van der Waals surface area contributed by atoms with Crippen LogP contribution in [0.25, 0.3) is 0 Å². The van der Waals surface area contributed by atoms with Crippen LogP contribution in [0.5, 0.6) is 5.75 Å². The van der Waals surface area contributed by atoms with E-state index in [-0.39, 0.29) is 5.02 Å². The van der Waals surface area contributed by atoms with Crippen molar-refractivity contribution in [2.75, 3.05) is 18.5 Å². The molecule has 0 spiro atoms. The van der Waals surface area contributed by atoms with Crippen LogP contribution >= 0.6 is 11.6 Å². The normalized spacial score (nSPS) is 10.3. The van der Waals surface area contributed by atoms with E-state index < -0.39 is 5.82 Å². The van der Waals surface area contributed by atoms with Gasteiger partial charge in [0.2, 0.25) is 0 Å². The average Bonchev–Trinajstić information content (AvgIpc) is 2.41. The van der Waals surface area contributed by atoms with Crippen LogP contribution in [0.15, 0.2) is 42.5 Å². The Morgan fingerprint density at radius 3 is 2.58 bits per heavy atom. The van der Waals surface area contributed by atoms with Crippen LogP contribution < -0.4 is 10.1 Å². The first-order valence-corrected chi connectivity index (χ1v) is 6.41. The Bertz CT molecular complexity index is 542. The van der Waals surface area contributed by atoms with Gasteiger partial charge in [0.25, 0.3) is 0 Å². The summed E-state index contributed by atoms with van der Waals surface area (Å²) >= 11 is 5.67. The summed E-state index contributed by atoms with van der Waals surface area (Å²) in [6.07, 6.45) is 0. The number of anilines is 1. The van der Waals surface area contributed by atoms with E-state index in [0.717, 1.165) is 5.69 Å². The van der Waals surface area contributed by atoms with E-state index in [1.54, 1.807) is 6.07 Å². The molecule has 19 heavy (non-hydrogen) atoms. The number of nitrogens with one attached hydrogen (secondary N) is 1. The number of rotatable bonds is 5. The molecular formula is C15H15ClFNO. The molecule has 0 aromatic heterocycles. The maximum absolute atomic E-state index is 12.9. The van der Waals surface area contributed by atoms with Gasteiger partial charge in [-0.05, 0) is 31.2 Å². The van der Waals surface area contributed by atoms with Crippen molar-refractivity contribution < 1.29 is 9.13 Å². The molecule has 4 heteroatoms. The number of halogens is 2. The molecule has 2 aromatic carbocycles. The Kier molecular flexibility index (Phi) is 4.63. The number of hydrogen-bond donors (Lipinski definition) is 1. The fourth-order valence-electron chi connectivity index (χ4n) is 1.60. The minimum absolute atomic E-state index is 0.0731. The lowest BCUT2D eigenvalue weighted by Gasteiger charge is -2.09. The third kappa shape index (κ3) is 4.14. The molecule has 0 bridgehead atoms. The molecule has 2 aromatic rings. The predicted molar refractivity (Wildman–Crippen MR) is 76.6 cm³/mol. The summed E-state index contributed by atoms with van der Waals surface area (Å²) in [6.45, 7) is 3.19. The first-order chi connectivity index (χ1) is 9.15. The van der Waals surface area contributed by atoms with Gasteiger partial charge in [0.1, 0.15) is 18.2 Å². The SMILES string of the molecule is Cc1ccc(NCCOc2ccc(F)c(Cl)c2)cc1. The molecular weight excluding hydrogens is 265 g/mol. The summed E-state index contributed by atoms with van der Waals surface area (Å²) in [6, 6.07) is 12.5. The molecule has 0 amide bonds. The molecule has 0 atom stereocenters. The van der Waals surface area contributed by atoms with Crippen LogP contribution in [0.2, 0.25) is 5.02 Å². The van der Waals surface area contributed by atoms with Crippen LogP contribution in [0.1, 0.15) is 5.56 Å². The van der Waals surface area contributed by atoms with Crippen LogP contribution in [0.4, 0.5) is 10.1 Å². The minimum Gasteiger partial charge on any atom is -0.492 e. The Hall–Kier alpha value is -1.74. The van der Waals surface area contributed by atoms with Crippen molar-refractivity contribution >= 4 is 17.3 Å². The molecule has 0 aliphatic carbocycles. The standard InChI is InChI=1S/C15H15ClFNO/c1-11-2-4-12(5-3-11)18-8-9-19-13-6-7-15(17)14(16)10-13/h2-7,10,18H,8-9H2,1H3. The first-order valence-electron chi connectivity index (χ1n) is 6.03. The van der Waals surface area contributed by atoms with E-state index in [0.29, 0.717) is 18.9 Å². The van der Waals surface area contributed by atoms with Gasteiger partial charge in [0.15, 0.2) is 0 Å². The summed E-state index contributed by atoms with van der Waals surface area (Å²) < 4.78 is 18.4. The first kappa shape index (κ1) is 13.7. The number of hydrogen-bond acceptors (Lipinski definition) is 2. The van der Waals surface area contributed by atoms with Gasteiger partial charge in [-0.2, -0.15) is 0 Å². The molecule has 0 unspecified atom stereocenters. The molecule has 100 valence electrons. The molecule has 0 aliphatic rings. The zero-order chi connectivity index (χ0) is 13.7. The van der Waals surface area contributed by atoms with E-state index >= 15 is 0 Å². The van der Waals surface area contributed by atoms with Crippen molar-refractivity contribution in [3.05, 3.63) is 58.9 Å². The highest BCUT2D eigenvalue weighted by Crippen LogP contribution is 2.20. The quantitative estimate of drug-likeness (QED) is 0.825. The monoisotopic (exact) mass is 279 g/mol. The van der Waals surface area contributed by atoms with Crippen molar-refractivity contribution in [1.82, 2.24) is 0 Å². The lowest BCUT2D eigenvalue weighted by molar-refractivity contribution is 0.332. The van der Waals surface area contributed by atoms with Gasteiger partial charge in [0.05, 0.1) is 5.02 Å².